The summed E-state index contributed by atoms with van der Waals surface area (Å²) in [6.07, 6.45) is 0.433. The van der Waals surface area contributed by atoms with E-state index in [0.717, 1.165) is 27.1 Å². The maximum absolute atomic E-state index is 12.7. The minimum atomic E-state index is -0.617. The summed E-state index contributed by atoms with van der Waals surface area (Å²) in [6.45, 7) is 4.82. The molecule has 1 aliphatic rings. The van der Waals surface area contributed by atoms with E-state index in [4.69, 9.17) is 17.0 Å². The fourth-order valence-corrected chi connectivity index (χ4v) is 4.29. The van der Waals surface area contributed by atoms with Crippen LogP contribution in [0.5, 0.6) is 0 Å². The Morgan fingerprint density at radius 2 is 1.76 bits per heavy atom. The molecule has 1 aliphatic heterocycles. The Balaban J connectivity index is 2.38. The normalized spacial score (nSPS) is 19.9. The highest BCUT2D eigenvalue weighted by Gasteiger charge is 2.50. The monoisotopic (exact) mass is 380 g/mol. The molecule has 2 rings (SSSR count). The summed E-state index contributed by atoms with van der Waals surface area (Å²) in [6, 6.07) is 8.38. The second kappa shape index (κ2) is 8.44. The Labute approximate surface area is 156 Å². The molecule has 1 aromatic rings. The predicted molar refractivity (Wildman–Crippen MR) is 100.0 cm³/mol. The first-order valence-electron chi connectivity index (χ1n) is 7.87. The van der Waals surface area contributed by atoms with Gasteiger partial charge in [-0.1, -0.05) is 30.3 Å². The highest BCUT2D eigenvalue weighted by atomic mass is 32.2. The van der Waals surface area contributed by atoms with E-state index >= 15 is 0 Å². The lowest BCUT2D eigenvalue weighted by Crippen LogP contribution is -2.40. The quantitative estimate of drug-likeness (QED) is 0.749. The molecule has 8 heteroatoms. The topological polar surface area (TPSA) is 66.9 Å². The van der Waals surface area contributed by atoms with Gasteiger partial charge in [-0.3, -0.25) is 14.5 Å². The molecule has 0 radical (unpaired) electrons. The number of ether oxygens (including phenoxy) is 1. The first kappa shape index (κ1) is 19.4. The number of thioether (sulfide) groups is 1. The van der Waals surface area contributed by atoms with Gasteiger partial charge in [-0.2, -0.15) is 0 Å². The zero-order chi connectivity index (χ0) is 18.6. The van der Waals surface area contributed by atoms with E-state index in [9.17, 15) is 14.4 Å². The van der Waals surface area contributed by atoms with Crippen LogP contribution in [0.3, 0.4) is 0 Å². The fourth-order valence-electron chi connectivity index (χ4n) is 2.78. The molecule has 0 saturated carbocycles. The van der Waals surface area contributed by atoms with Crippen LogP contribution in [-0.2, 0) is 20.7 Å². The number of imide groups is 2. The lowest BCUT2D eigenvalue weighted by Gasteiger charge is -2.25. The minimum absolute atomic E-state index is 0.245. The van der Waals surface area contributed by atoms with Crippen molar-refractivity contribution in [3.8, 4) is 0 Å². The van der Waals surface area contributed by atoms with Crippen molar-refractivity contribution in [2.24, 2.45) is 0 Å². The minimum Gasteiger partial charge on any atom is -0.479 e. The number of benzene rings is 1. The molecule has 0 aliphatic carbocycles. The highest BCUT2D eigenvalue weighted by Crippen LogP contribution is 2.34. The van der Waals surface area contributed by atoms with Crippen molar-refractivity contribution >= 4 is 46.2 Å². The molecule has 1 heterocycles. The fraction of sp³-hybridized carbons (Fsp3) is 0.412. The first-order chi connectivity index (χ1) is 11.9. The largest absolute Gasteiger partial charge is 0.479 e. The van der Waals surface area contributed by atoms with Gasteiger partial charge in [0, 0.05) is 13.8 Å². The number of carbonyl (C=O) groups is 3. The molecular weight excluding hydrogens is 360 g/mol. The van der Waals surface area contributed by atoms with E-state index in [-0.39, 0.29) is 4.38 Å². The molecule has 0 aromatic heterocycles. The molecule has 1 saturated heterocycles. The lowest BCUT2D eigenvalue weighted by molar-refractivity contribution is -0.126. The molecule has 1 fully saturated rings. The van der Waals surface area contributed by atoms with Crippen molar-refractivity contribution in [3.63, 3.8) is 0 Å². The Kier molecular flexibility index (Phi) is 6.55. The second-order valence-electron chi connectivity index (χ2n) is 5.51. The average molecular weight is 380 g/mol. The zero-order valence-corrected chi connectivity index (χ0v) is 15.9. The van der Waals surface area contributed by atoms with Gasteiger partial charge >= 0.3 is 6.03 Å². The summed E-state index contributed by atoms with van der Waals surface area (Å²) in [7, 11) is 0. The molecule has 0 bridgehead atoms. The Morgan fingerprint density at radius 1 is 1.16 bits per heavy atom. The molecule has 6 nitrogen and oxygen atoms in total. The van der Waals surface area contributed by atoms with Gasteiger partial charge in [-0.25, -0.2) is 9.69 Å². The van der Waals surface area contributed by atoms with Crippen LogP contribution >= 0.6 is 24.0 Å². The number of amides is 4. The third-order valence-corrected chi connectivity index (χ3v) is 5.26. The summed E-state index contributed by atoms with van der Waals surface area (Å²) in [5.41, 5.74) is 0.963. The molecule has 0 spiro atoms. The predicted octanol–water partition coefficient (Wildman–Crippen LogP) is 2.81. The third kappa shape index (κ3) is 4.38. The van der Waals surface area contributed by atoms with E-state index in [0.29, 0.717) is 13.0 Å². The van der Waals surface area contributed by atoms with Gasteiger partial charge in [0.05, 0.1) is 12.6 Å². The lowest BCUT2D eigenvalue weighted by atomic mass is 10.1. The zero-order valence-electron chi connectivity index (χ0n) is 14.3. The number of urea groups is 1. The number of rotatable bonds is 4. The van der Waals surface area contributed by atoms with Crippen molar-refractivity contribution in [3.05, 3.63) is 35.9 Å². The van der Waals surface area contributed by atoms with Crippen molar-refractivity contribution in [1.29, 1.82) is 0 Å². The maximum Gasteiger partial charge on any atom is 0.334 e. The molecule has 2 atom stereocenters. The highest BCUT2D eigenvalue weighted by molar-refractivity contribution is 8.23. The van der Waals surface area contributed by atoms with Crippen LogP contribution < -0.4 is 0 Å². The van der Waals surface area contributed by atoms with Crippen LogP contribution in [-0.4, -0.2) is 50.1 Å². The van der Waals surface area contributed by atoms with E-state index in [1.807, 2.05) is 30.3 Å². The van der Waals surface area contributed by atoms with E-state index in [2.05, 4.69) is 0 Å². The van der Waals surface area contributed by atoms with Crippen LogP contribution in [0.2, 0.25) is 0 Å². The number of hydrogen-bond acceptors (Lipinski definition) is 6. The van der Waals surface area contributed by atoms with Gasteiger partial charge in [-0.05, 0) is 42.9 Å². The summed E-state index contributed by atoms with van der Waals surface area (Å²) in [5.74, 6) is -0.828. The SMILES string of the molecule is CCOC(=S)S[C@@H]1[C@@H](Cc2ccccc2)N(C(C)=O)C(=O)N1C(C)=O. The number of nitrogens with zero attached hydrogens (tertiary/aromatic N) is 2. The van der Waals surface area contributed by atoms with Gasteiger partial charge in [0.1, 0.15) is 5.37 Å². The van der Waals surface area contributed by atoms with Crippen molar-refractivity contribution in [1.82, 2.24) is 9.80 Å². The number of hydrogen-bond donors (Lipinski definition) is 0. The van der Waals surface area contributed by atoms with Gasteiger partial charge in [0.25, 0.3) is 0 Å². The van der Waals surface area contributed by atoms with Crippen molar-refractivity contribution < 1.29 is 19.1 Å². The van der Waals surface area contributed by atoms with Gasteiger partial charge in [0.15, 0.2) is 0 Å². The summed E-state index contributed by atoms with van der Waals surface area (Å²) < 4.78 is 5.55. The Hall–Kier alpha value is -1.93. The second-order valence-corrected chi connectivity index (χ2v) is 7.23. The molecule has 0 N–H and O–H groups in total. The van der Waals surface area contributed by atoms with E-state index in [1.165, 1.54) is 13.8 Å². The number of carbonyl (C=O) groups excluding carboxylic acids is 3. The summed E-state index contributed by atoms with van der Waals surface area (Å²) >= 11 is 6.30. The first-order valence-corrected chi connectivity index (χ1v) is 9.16. The van der Waals surface area contributed by atoms with Gasteiger partial charge in [-0.15, -0.1) is 0 Å². The van der Waals surface area contributed by atoms with Gasteiger partial charge in [0.2, 0.25) is 16.2 Å². The molecule has 0 unspecified atom stereocenters. The maximum atomic E-state index is 12.7. The van der Waals surface area contributed by atoms with Crippen molar-refractivity contribution in [2.75, 3.05) is 6.61 Å². The molecule has 1 aromatic carbocycles. The number of thiocarbonyl (C=S) groups is 1. The summed E-state index contributed by atoms with van der Waals surface area (Å²) in [4.78, 5) is 39.0. The smallest absolute Gasteiger partial charge is 0.334 e. The van der Waals surface area contributed by atoms with Crippen molar-refractivity contribution in [2.45, 2.75) is 38.6 Å². The third-order valence-electron chi connectivity index (χ3n) is 3.77. The molecular formula is C17H20N2O4S2. The van der Waals surface area contributed by atoms with Crippen LogP contribution in [0.15, 0.2) is 30.3 Å². The molecule has 25 heavy (non-hydrogen) atoms. The van der Waals surface area contributed by atoms with Crippen LogP contribution in [0.4, 0.5) is 4.79 Å². The average Bonchev–Trinajstić information content (AvgIpc) is 2.80. The summed E-state index contributed by atoms with van der Waals surface area (Å²) in [5, 5.41) is -0.617. The van der Waals surface area contributed by atoms with Crippen LogP contribution in [0.1, 0.15) is 26.3 Å². The van der Waals surface area contributed by atoms with Crippen LogP contribution in [0.25, 0.3) is 0 Å². The Bertz CT molecular complexity index is 680. The van der Waals surface area contributed by atoms with E-state index in [1.54, 1.807) is 6.92 Å². The standard InChI is InChI=1S/C17H20N2O4S2/c1-4-23-17(24)25-15-14(10-13-8-6-5-7-9-13)18(11(2)20)16(22)19(15)12(3)21/h5-9,14-15H,4,10H2,1-3H3/t14-,15-/m1/s1. The molecule has 134 valence electrons. The Morgan fingerprint density at radius 3 is 2.28 bits per heavy atom. The van der Waals surface area contributed by atoms with Gasteiger partial charge < -0.3 is 4.74 Å². The van der Waals surface area contributed by atoms with Crippen LogP contribution in [0, 0.1) is 0 Å². The molecule has 4 amide bonds. The van der Waals surface area contributed by atoms with E-state index < -0.39 is 29.3 Å².